The lowest BCUT2D eigenvalue weighted by atomic mass is 9.95. The SMILES string of the molecule is CCC(C)c1cccc2c(CCCCN)c(-c3ccc(Cl)s3)[nH]c12. The summed E-state index contributed by atoms with van der Waals surface area (Å²) in [6.45, 7) is 5.29. The van der Waals surface area contributed by atoms with Gasteiger partial charge < -0.3 is 10.7 Å². The van der Waals surface area contributed by atoms with E-state index < -0.39 is 0 Å². The molecule has 0 aliphatic carbocycles. The third kappa shape index (κ3) is 3.39. The van der Waals surface area contributed by atoms with E-state index in [1.807, 2.05) is 6.07 Å². The summed E-state index contributed by atoms with van der Waals surface area (Å²) in [5.74, 6) is 0.545. The van der Waals surface area contributed by atoms with Gasteiger partial charge in [0.1, 0.15) is 0 Å². The van der Waals surface area contributed by atoms with Crippen LogP contribution < -0.4 is 5.73 Å². The molecule has 2 nitrogen and oxygen atoms in total. The van der Waals surface area contributed by atoms with Gasteiger partial charge in [-0.2, -0.15) is 0 Å². The first-order valence-electron chi connectivity index (χ1n) is 8.75. The molecule has 0 spiro atoms. The number of rotatable bonds is 7. The van der Waals surface area contributed by atoms with Crippen molar-refractivity contribution in [2.45, 2.75) is 45.4 Å². The van der Waals surface area contributed by atoms with Crippen molar-refractivity contribution in [1.82, 2.24) is 4.98 Å². The number of aromatic amines is 1. The summed E-state index contributed by atoms with van der Waals surface area (Å²) in [4.78, 5) is 4.94. The third-order valence-electron chi connectivity index (χ3n) is 4.82. The zero-order valence-electron chi connectivity index (χ0n) is 14.4. The van der Waals surface area contributed by atoms with Crippen molar-refractivity contribution >= 4 is 33.8 Å². The molecule has 3 N–H and O–H groups in total. The molecule has 0 saturated heterocycles. The topological polar surface area (TPSA) is 41.8 Å². The van der Waals surface area contributed by atoms with Crippen LogP contribution in [0.1, 0.15) is 50.2 Å². The Morgan fingerprint density at radius 2 is 2.04 bits per heavy atom. The number of nitrogens with two attached hydrogens (primary N) is 1. The van der Waals surface area contributed by atoms with Crippen molar-refractivity contribution in [2.24, 2.45) is 5.73 Å². The number of fused-ring (bicyclic) bond motifs is 1. The fourth-order valence-corrected chi connectivity index (χ4v) is 4.36. The van der Waals surface area contributed by atoms with Crippen molar-refractivity contribution in [1.29, 1.82) is 0 Å². The largest absolute Gasteiger partial charge is 0.353 e. The van der Waals surface area contributed by atoms with Crippen LogP contribution >= 0.6 is 22.9 Å². The predicted molar refractivity (Wildman–Crippen MR) is 107 cm³/mol. The highest BCUT2D eigenvalue weighted by Gasteiger charge is 2.18. The minimum Gasteiger partial charge on any atom is -0.353 e. The van der Waals surface area contributed by atoms with Gasteiger partial charge in [0.2, 0.25) is 0 Å². The van der Waals surface area contributed by atoms with E-state index in [-0.39, 0.29) is 0 Å². The molecule has 2 aromatic heterocycles. The maximum Gasteiger partial charge on any atom is 0.0935 e. The molecule has 4 heteroatoms. The molecule has 0 aliphatic rings. The second-order valence-electron chi connectivity index (χ2n) is 6.41. The van der Waals surface area contributed by atoms with Gasteiger partial charge in [-0.25, -0.2) is 0 Å². The monoisotopic (exact) mass is 360 g/mol. The molecule has 0 aliphatic heterocycles. The first-order valence-corrected chi connectivity index (χ1v) is 9.94. The summed E-state index contributed by atoms with van der Waals surface area (Å²) >= 11 is 7.82. The number of H-pyrrole nitrogens is 1. The molecular weight excluding hydrogens is 336 g/mol. The van der Waals surface area contributed by atoms with Crippen LogP contribution in [0, 0.1) is 0 Å². The standard InChI is InChI=1S/C20H25ClN2S/c1-3-13(2)14-8-6-9-15-16(7-4-5-12-22)20(23-19(14)15)17-10-11-18(21)24-17/h6,8-11,13,23H,3-5,7,12,22H2,1-2H3. The number of aryl methyl sites for hydroxylation is 1. The summed E-state index contributed by atoms with van der Waals surface area (Å²) in [7, 11) is 0. The van der Waals surface area contributed by atoms with Crippen LogP contribution in [0.25, 0.3) is 21.5 Å². The Bertz CT molecular complexity index is 818. The number of hydrogen-bond acceptors (Lipinski definition) is 2. The lowest BCUT2D eigenvalue weighted by molar-refractivity contribution is 0.738. The fourth-order valence-electron chi connectivity index (χ4n) is 3.29. The first-order chi connectivity index (χ1) is 11.7. The van der Waals surface area contributed by atoms with E-state index >= 15 is 0 Å². The van der Waals surface area contributed by atoms with E-state index in [1.165, 1.54) is 32.6 Å². The van der Waals surface area contributed by atoms with Crippen LogP contribution in [0.4, 0.5) is 0 Å². The Balaban J connectivity index is 2.15. The summed E-state index contributed by atoms with van der Waals surface area (Å²) in [6, 6.07) is 10.8. The van der Waals surface area contributed by atoms with Gasteiger partial charge in [-0.15, -0.1) is 11.3 Å². The summed E-state index contributed by atoms with van der Waals surface area (Å²) in [5.41, 5.74) is 11.0. The molecule has 1 atom stereocenters. The van der Waals surface area contributed by atoms with Gasteiger partial charge in [0.05, 0.1) is 14.9 Å². The van der Waals surface area contributed by atoms with Gasteiger partial charge >= 0.3 is 0 Å². The quantitative estimate of drug-likeness (QED) is 0.474. The molecule has 2 heterocycles. The van der Waals surface area contributed by atoms with Gasteiger partial charge in [-0.05, 0) is 61.4 Å². The van der Waals surface area contributed by atoms with Crippen LogP contribution in [0.2, 0.25) is 4.34 Å². The highest BCUT2D eigenvalue weighted by atomic mass is 35.5. The van der Waals surface area contributed by atoms with Gasteiger partial charge in [0, 0.05) is 10.9 Å². The highest BCUT2D eigenvalue weighted by molar-refractivity contribution is 7.19. The third-order valence-corrected chi connectivity index (χ3v) is 6.07. The Morgan fingerprint density at radius 1 is 1.21 bits per heavy atom. The lowest BCUT2D eigenvalue weighted by Gasteiger charge is -2.10. The van der Waals surface area contributed by atoms with E-state index in [9.17, 15) is 0 Å². The van der Waals surface area contributed by atoms with E-state index in [0.717, 1.165) is 36.6 Å². The van der Waals surface area contributed by atoms with E-state index in [4.69, 9.17) is 17.3 Å². The number of hydrogen-bond donors (Lipinski definition) is 2. The van der Waals surface area contributed by atoms with Crippen LogP contribution in [0.3, 0.4) is 0 Å². The minimum atomic E-state index is 0.545. The lowest BCUT2D eigenvalue weighted by Crippen LogP contribution is -1.99. The minimum absolute atomic E-state index is 0.545. The second kappa shape index (κ2) is 7.73. The number of benzene rings is 1. The molecule has 0 saturated carbocycles. The normalized spacial score (nSPS) is 12.8. The molecule has 3 rings (SSSR count). The second-order valence-corrected chi connectivity index (χ2v) is 8.12. The summed E-state index contributed by atoms with van der Waals surface area (Å²) < 4.78 is 0.832. The average molecular weight is 361 g/mol. The summed E-state index contributed by atoms with van der Waals surface area (Å²) in [5, 5.41) is 1.35. The fraction of sp³-hybridized carbons (Fsp3) is 0.400. The molecular formula is C20H25ClN2S. The van der Waals surface area contributed by atoms with Crippen LogP contribution in [-0.4, -0.2) is 11.5 Å². The maximum atomic E-state index is 6.18. The van der Waals surface area contributed by atoms with E-state index in [0.29, 0.717) is 5.92 Å². The van der Waals surface area contributed by atoms with Crippen LogP contribution in [0.15, 0.2) is 30.3 Å². The van der Waals surface area contributed by atoms with Crippen LogP contribution in [0.5, 0.6) is 0 Å². The van der Waals surface area contributed by atoms with Gasteiger partial charge in [0.25, 0.3) is 0 Å². The molecule has 1 aromatic carbocycles. The molecule has 24 heavy (non-hydrogen) atoms. The Hall–Kier alpha value is -1.29. The van der Waals surface area contributed by atoms with E-state index in [1.54, 1.807) is 11.3 Å². The predicted octanol–water partition coefficient (Wildman–Crippen LogP) is 6.34. The molecule has 0 radical (unpaired) electrons. The Morgan fingerprint density at radius 3 is 2.71 bits per heavy atom. The van der Waals surface area contributed by atoms with Crippen molar-refractivity contribution in [3.8, 4) is 10.6 Å². The average Bonchev–Trinajstić information content (AvgIpc) is 3.18. The number of nitrogens with one attached hydrogen (secondary N) is 1. The zero-order chi connectivity index (χ0) is 17.1. The van der Waals surface area contributed by atoms with Gasteiger partial charge in [-0.1, -0.05) is 43.6 Å². The smallest absolute Gasteiger partial charge is 0.0935 e. The van der Waals surface area contributed by atoms with Crippen molar-refractivity contribution < 1.29 is 0 Å². The number of unbranched alkanes of at least 4 members (excludes halogenated alkanes) is 1. The molecule has 128 valence electrons. The molecule has 0 fully saturated rings. The molecule has 3 aromatic rings. The Kier molecular flexibility index (Phi) is 5.65. The number of aromatic nitrogens is 1. The zero-order valence-corrected chi connectivity index (χ0v) is 15.9. The van der Waals surface area contributed by atoms with Crippen molar-refractivity contribution in [3.05, 3.63) is 45.8 Å². The summed E-state index contributed by atoms with van der Waals surface area (Å²) in [6.07, 6.45) is 4.36. The number of halogens is 1. The van der Waals surface area contributed by atoms with Crippen LogP contribution in [-0.2, 0) is 6.42 Å². The molecule has 0 amide bonds. The van der Waals surface area contributed by atoms with Gasteiger partial charge in [0.15, 0.2) is 0 Å². The Labute approximate surface area is 153 Å². The van der Waals surface area contributed by atoms with E-state index in [2.05, 4.69) is 43.1 Å². The van der Waals surface area contributed by atoms with Crippen molar-refractivity contribution in [3.63, 3.8) is 0 Å². The van der Waals surface area contributed by atoms with Gasteiger partial charge in [-0.3, -0.25) is 0 Å². The number of thiophene rings is 1. The first kappa shape index (κ1) is 17.5. The van der Waals surface area contributed by atoms with Crippen molar-refractivity contribution in [2.75, 3.05) is 6.54 Å². The molecule has 0 bridgehead atoms. The number of para-hydroxylation sites is 1. The molecule has 1 unspecified atom stereocenters. The maximum absolute atomic E-state index is 6.18. The highest BCUT2D eigenvalue weighted by Crippen LogP contribution is 2.39.